The highest BCUT2D eigenvalue weighted by molar-refractivity contribution is 5.70. The van der Waals surface area contributed by atoms with Crippen molar-refractivity contribution in [2.24, 2.45) is 0 Å². The molecule has 1 N–H and O–H groups in total. The third kappa shape index (κ3) is 1.19. The van der Waals surface area contributed by atoms with Gasteiger partial charge in [0.25, 0.3) is 0 Å². The second-order valence-corrected chi connectivity index (χ2v) is 3.54. The Bertz CT molecular complexity index is 412. The van der Waals surface area contributed by atoms with Crippen molar-refractivity contribution in [2.45, 2.75) is 18.9 Å². The van der Waals surface area contributed by atoms with Gasteiger partial charge in [-0.15, -0.1) is 0 Å². The number of fused-ring (bicyclic) bond motifs is 1. The summed E-state index contributed by atoms with van der Waals surface area (Å²) in [5.74, 6) is 0.797. The van der Waals surface area contributed by atoms with Crippen LogP contribution >= 0.6 is 0 Å². The van der Waals surface area contributed by atoms with Crippen LogP contribution in [0.3, 0.4) is 0 Å². The molecule has 1 aliphatic heterocycles. The molecule has 2 aromatic rings. The summed E-state index contributed by atoms with van der Waals surface area (Å²) in [7, 11) is 0. The molecule has 0 amide bonds. The molecule has 2 aromatic heterocycles. The molecule has 14 heavy (non-hydrogen) atoms. The molecule has 1 atom stereocenters. The van der Waals surface area contributed by atoms with E-state index >= 15 is 0 Å². The van der Waals surface area contributed by atoms with E-state index in [0.29, 0.717) is 6.04 Å². The first kappa shape index (κ1) is 7.94. The minimum atomic E-state index is 0.294. The molecule has 1 aliphatic rings. The van der Waals surface area contributed by atoms with Gasteiger partial charge in [0.1, 0.15) is 5.52 Å². The van der Waals surface area contributed by atoms with Crippen LogP contribution in [0.1, 0.15) is 24.8 Å². The quantitative estimate of drug-likeness (QED) is 0.741. The molecular formula is C10H11N3O. The van der Waals surface area contributed by atoms with E-state index in [-0.39, 0.29) is 0 Å². The first-order valence-corrected chi connectivity index (χ1v) is 4.87. The van der Waals surface area contributed by atoms with Crippen LogP contribution < -0.4 is 5.32 Å². The molecule has 0 aromatic carbocycles. The van der Waals surface area contributed by atoms with E-state index in [9.17, 15) is 0 Å². The normalized spacial score (nSPS) is 21.9. The average Bonchev–Trinajstić information content (AvgIpc) is 2.86. The van der Waals surface area contributed by atoms with Gasteiger partial charge < -0.3 is 9.73 Å². The molecule has 0 aliphatic carbocycles. The topological polar surface area (TPSA) is 51.0 Å². The van der Waals surface area contributed by atoms with Crippen molar-refractivity contribution in [3.63, 3.8) is 0 Å². The molecule has 0 bridgehead atoms. The van der Waals surface area contributed by atoms with Crippen LogP contribution in [0, 0.1) is 0 Å². The molecule has 3 rings (SSSR count). The Labute approximate surface area is 81.4 Å². The van der Waals surface area contributed by atoms with Crippen LogP contribution in [0.4, 0.5) is 0 Å². The Morgan fingerprint density at radius 3 is 3.29 bits per heavy atom. The largest absolute Gasteiger partial charge is 0.439 e. The molecule has 1 unspecified atom stereocenters. The number of aromatic nitrogens is 2. The Morgan fingerprint density at radius 2 is 2.50 bits per heavy atom. The fourth-order valence-corrected chi connectivity index (χ4v) is 1.84. The predicted molar refractivity (Wildman–Crippen MR) is 51.8 cm³/mol. The van der Waals surface area contributed by atoms with Crippen molar-refractivity contribution < 1.29 is 4.42 Å². The van der Waals surface area contributed by atoms with Gasteiger partial charge >= 0.3 is 0 Å². The molecule has 4 heteroatoms. The molecule has 0 spiro atoms. The van der Waals surface area contributed by atoms with Gasteiger partial charge in [0.2, 0.25) is 5.89 Å². The number of pyridine rings is 1. The van der Waals surface area contributed by atoms with Crippen LogP contribution in [-0.4, -0.2) is 16.5 Å². The molecule has 0 saturated carbocycles. The molecule has 3 heterocycles. The van der Waals surface area contributed by atoms with Crippen LogP contribution in [0.25, 0.3) is 11.1 Å². The van der Waals surface area contributed by atoms with Gasteiger partial charge in [-0.05, 0) is 19.4 Å². The summed E-state index contributed by atoms with van der Waals surface area (Å²) in [6, 6.07) is 2.14. The van der Waals surface area contributed by atoms with Crippen molar-refractivity contribution in [1.82, 2.24) is 15.3 Å². The molecule has 72 valence electrons. The molecule has 1 saturated heterocycles. The molecule has 0 radical (unpaired) electrons. The fraction of sp³-hybridized carbons (Fsp3) is 0.400. The van der Waals surface area contributed by atoms with E-state index in [1.54, 1.807) is 12.4 Å². The maximum atomic E-state index is 5.64. The Hall–Kier alpha value is -1.42. The monoisotopic (exact) mass is 189 g/mol. The van der Waals surface area contributed by atoms with Gasteiger partial charge in [0.05, 0.1) is 12.2 Å². The molecule has 4 nitrogen and oxygen atoms in total. The second kappa shape index (κ2) is 3.06. The van der Waals surface area contributed by atoms with E-state index in [2.05, 4.69) is 15.3 Å². The molecule has 1 fully saturated rings. The van der Waals surface area contributed by atoms with Crippen LogP contribution in [0.5, 0.6) is 0 Å². The Kier molecular flexibility index (Phi) is 1.73. The summed E-state index contributed by atoms with van der Waals surface area (Å²) in [6.07, 6.45) is 5.76. The average molecular weight is 189 g/mol. The van der Waals surface area contributed by atoms with Crippen molar-refractivity contribution in [1.29, 1.82) is 0 Å². The smallest absolute Gasteiger partial charge is 0.212 e. The van der Waals surface area contributed by atoms with Crippen molar-refractivity contribution in [3.05, 3.63) is 24.4 Å². The zero-order valence-electron chi connectivity index (χ0n) is 7.73. The summed E-state index contributed by atoms with van der Waals surface area (Å²) < 4.78 is 5.64. The number of hydrogen-bond donors (Lipinski definition) is 1. The first-order chi connectivity index (χ1) is 6.93. The predicted octanol–water partition coefficient (Wildman–Crippen LogP) is 1.65. The van der Waals surface area contributed by atoms with Crippen LogP contribution in [-0.2, 0) is 0 Å². The van der Waals surface area contributed by atoms with E-state index in [0.717, 1.165) is 30.0 Å². The highest BCUT2D eigenvalue weighted by atomic mass is 16.3. The number of nitrogens with one attached hydrogen (secondary N) is 1. The van der Waals surface area contributed by atoms with Crippen molar-refractivity contribution in [3.8, 4) is 0 Å². The van der Waals surface area contributed by atoms with Gasteiger partial charge in [0, 0.05) is 12.3 Å². The minimum absolute atomic E-state index is 0.294. The third-order valence-electron chi connectivity index (χ3n) is 2.56. The first-order valence-electron chi connectivity index (χ1n) is 4.87. The van der Waals surface area contributed by atoms with Gasteiger partial charge in [-0.1, -0.05) is 0 Å². The number of hydrogen-bond acceptors (Lipinski definition) is 4. The van der Waals surface area contributed by atoms with Crippen molar-refractivity contribution in [2.75, 3.05) is 6.54 Å². The lowest BCUT2D eigenvalue weighted by atomic mass is 10.2. The van der Waals surface area contributed by atoms with E-state index in [1.807, 2.05) is 6.07 Å². The summed E-state index contributed by atoms with van der Waals surface area (Å²) in [6.45, 7) is 1.06. The summed E-state index contributed by atoms with van der Waals surface area (Å²) >= 11 is 0. The Balaban J connectivity index is 2.05. The van der Waals surface area contributed by atoms with Crippen LogP contribution in [0.2, 0.25) is 0 Å². The van der Waals surface area contributed by atoms with E-state index in [4.69, 9.17) is 4.42 Å². The van der Waals surface area contributed by atoms with Gasteiger partial charge in [0.15, 0.2) is 5.58 Å². The summed E-state index contributed by atoms with van der Waals surface area (Å²) in [5.41, 5.74) is 1.67. The lowest BCUT2D eigenvalue weighted by Crippen LogP contribution is -2.12. The van der Waals surface area contributed by atoms with Crippen molar-refractivity contribution >= 4 is 11.1 Å². The SMILES string of the molecule is c1cc2oc(C3CCCN3)nc2cn1. The van der Waals surface area contributed by atoms with Gasteiger partial charge in [-0.2, -0.15) is 0 Å². The number of oxazole rings is 1. The van der Waals surface area contributed by atoms with Gasteiger partial charge in [-0.25, -0.2) is 4.98 Å². The minimum Gasteiger partial charge on any atom is -0.439 e. The van der Waals surface area contributed by atoms with E-state index in [1.165, 1.54) is 6.42 Å². The lowest BCUT2D eigenvalue weighted by Gasteiger charge is -2.02. The summed E-state index contributed by atoms with van der Waals surface area (Å²) in [4.78, 5) is 8.41. The number of nitrogens with zero attached hydrogens (tertiary/aromatic N) is 2. The lowest BCUT2D eigenvalue weighted by molar-refractivity contribution is 0.451. The zero-order chi connectivity index (χ0) is 9.38. The highest BCUT2D eigenvalue weighted by Gasteiger charge is 2.21. The zero-order valence-corrected chi connectivity index (χ0v) is 7.73. The van der Waals surface area contributed by atoms with E-state index < -0.39 is 0 Å². The fourth-order valence-electron chi connectivity index (χ4n) is 1.84. The maximum absolute atomic E-state index is 5.64. The van der Waals surface area contributed by atoms with Gasteiger partial charge in [-0.3, -0.25) is 4.98 Å². The molecular weight excluding hydrogens is 178 g/mol. The summed E-state index contributed by atoms with van der Waals surface area (Å²) in [5, 5.41) is 3.36. The van der Waals surface area contributed by atoms with Crippen LogP contribution in [0.15, 0.2) is 22.9 Å². The number of rotatable bonds is 1. The maximum Gasteiger partial charge on any atom is 0.212 e. The third-order valence-corrected chi connectivity index (χ3v) is 2.56. The standard InChI is InChI=1S/C10H11N3O/c1-2-7(12-4-1)10-13-8-6-11-5-3-9(8)14-10/h3,5-7,12H,1-2,4H2. The second-order valence-electron chi connectivity index (χ2n) is 3.54. The highest BCUT2D eigenvalue weighted by Crippen LogP contribution is 2.25. The Morgan fingerprint density at radius 1 is 1.50 bits per heavy atom.